The lowest BCUT2D eigenvalue weighted by Gasteiger charge is -2.29. The van der Waals surface area contributed by atoms with Crippen LogP contribution in [0, 0.1) is 13.8 Å². The summed E-state index contributed by atoms with van der Waals surface area (Å²) in [5, 5.41) is 8.16. The SMILES string of the molecule is C=C(CC)Sc1ccccc1C.CC(=O)CC(C(C)=O)(C(C)=O)c1cc(Cl)ccc1C.CCC(=O)O. The van der Waals surface area contributed by atoms with E-state index in [1.807, 2.05) is 0 Å². The average Bonchev–Trinajstić information content (AvgIpc) is 2.80. The van der Waals surface area contributed by atoms with Crippen LogP contribution in [-0.2, 0) is 24.6 Å². The van der Waals surface area contributed by atoms with Crippen LogP contribution in [0.3, 0.4) is 0 Å². The Morgan fingerprint density at radius 1 is 0.917 bits per heavy atom. The summed E-state index contributed by atoms with van der Waals surface area (Å²) in [7, 11) is 0. The molecule has 0 amide bonds. The molecule has 0 fully saturated rings. The highest BCUT2D eigenvalue weighted by Crippen LogP contribution is 2.35. The molecule has 5 nitrogen and oxygen atoms in total. The first-order valence-electron chi connectivity index (χ1n) is 11.6. The van der Waals surface area contributed by atoms with Gasteiger partial charge >= 0.3 is 5.97 Å². The van der Waals surface area contributed by atoms with Crippen molar-refractivity contribution in [2.45, 2.75) is 78.0 Å². The predicted molar refractivity (Wildman–Crippen MR) is 149 cm³/mol. The molecule has 0 spiro atoms. The first-order chi connectivity index (χ1) is 16.7. The Kier molecular flexibility index (Phi) is 14.9. The van der Waals surface area contributed by atoms with E-state index in [9.17, 15) is 19.2 Å². The second-order valence-electron chi connectivity index (χ2n) is 8.36. The molecule has 2 rings (SSSR count). The fourth-order valence-corrected chi connectivity index (χ4v) is 4.30. The minimum absolute atomic E-state index is 0.126. The smallest absolute Gasteiger partial charge is 0.303 e. The molecule has 0 radical (unpaired) electrons. The first kappa shape index (κ1) is 33.3. The molecular formula is C29H37ClO5S. The van der Waals surface area contributed by atoms with Gasteiger partial charge in [0.1, 0.15) is 22.8 Å². The van der Waals surface area contributed by atoms with Crippen molar-refractivity contribution in [1.82, 2.24) is 0 Å². The number of ketones is 3. The molecule has 0 aliphatic heterocycles. The minimum Gasteiger partial charge on any atom is -0.481 e. The van der Waals surface area contributed by atoms with Gasteiger partial charge in [-0.2, -0.15) is 0 Å². The van der Waals surface area contributed by atoms with Crippen molar-refractivity contribution in [2.24, 2.45) is 0 Å². The van der Waals surface area contributed by atoms with E-state index in [2.05, 4.69) is 44.7 Å². The van der Waals surface area contributed by atoms with Crippen LogP contribution in [0.4, 0.5) is 0 Å². The third kappa shape index (κ3) is 10.5. The van der Waals surface area contributed by atoms with Crippen molar-refractivity contribution in [3.8, 4) is 0 Å². The number of allylic oxidation sites excluding steroid dienone is 1. The molecule has 2 aromatic carbocycles. The Hall–Kier alpha value is -2.70. The highest BCUT2D eigenvalue weighted by atomic mass is 35.5. The largest absolute Gasteiger partial charge is 0.481 e. The van der Waals surface area contributed by atoms with Gasteiger partial charge in [0, 0.05) is 22.8 Å². The summed E-state index contributed by atoms with van der Waals surface area (Å²) in [4.78, 5) is 47.6. The molecular weight excluding hydrogens is 496 g/mol. The van der Waals surface area contributed by atoms with Crippen LogP contribution in [0.1, 0.15) is 70.6 Å². The summed E-state index contributed by atoms with van der Waals surface area (Å²) in [5.74, 6) is -1.61. The molecule has 0 aliphatic rings. The molecule has 0 aromatic heterocycles. The monoisotopic (exact) mass is 532 g/mol. The van der Waals surface area contributed by atoms with Gasteiger partial charge in [-0.25, -0.2) is 0 Å². The van der Waals surface area contributed by atoms with Crippen LogP contribution < -0.4 is 0 Å². The van der Waals surface area contributed by atoms with Crippen LogP contribution in [0.15, 0.2) is 58.8 Å². The van der Waals surface area contributed by atoms with Crippen LogP contribution in [0.25, 0.3) is 0 Å². The number of hydrogen-bond acceptors (Lipinski definition) is 5. The van der Waals surface area contributed by atoms with Gasteiger partial charge in [-0.05, 0) is 80.8 Å². The molecule has 0 bridgehead atoms. The Labute approximate surface area is 224 Å². The van der Waals surface area contributed by atoms with E-state index >= 15 is 0 Å². The van der Waals surface area contributed by atoms with Gasteiger partial charge in [0.2, 0.25) is 0 Å². The number of aryl methyl sites for hydroxylation is 2. The lowest BCUT2D eigenvalue weighted by Crippen LogP contribution is -2.43. The Morgan fingerprint density at radius 2 is 1.44 bits per heavy atom. The van der Waals surface area contributed by atoms with Crippen LogP contribution in [0.5, 0.6) is 0 Å². The summed E-state index contributed by atoms with van der Waals surface area (Å²) in [5.41, 5.74) is 1.21. The van der Waals surface area contributed by atoms with Crippen LogP contribution in [0.2, 0.25) is 5.02 Å². The highest BCUT2D eigenvalue weighted by molar-refractivity contribution is 8.03. The van der Waals surface area contributed by atoms with Gasteiger partial charge in [-0.15, -0.1) is 0 Å². The van der Waals surface area contributed by atoms with Crippen molar-refractivity contribution in [1.29, 1.82) is 0 Å². The van der Waals surface area contributed by atoms with E-state index in [-0.39, 0.29) is 30.2 Å². The number of carboxylic acid groups (broad SMARTS) is 1. The standard InChI is InChI=1S/C15H17ClO3.C11H14S.C3H6O2/c1-9-5-6-13(16)7-14(9)15(11(3)18,12(4)19)8-10(2)17;1-4-10(3)12-11-8-6-5-7-9(11)2;1-2-3(4)5/h5-7H,8H2,1-4H3;5-8H,3-4H2,1-2H3;2H2,1H3,(H,4,5). The third-order valence-electron chi connectivity index (χ3n) is 5.42. The zero-order chi connectivity index (χ0) is 28.1. The Morgan fingerprint density at radius 3 is 1.86 bits per heavy atom. The number of Topliss-reactive ketones (excluding diaryl/α,β-unsaturated/α-hetero) is 3. The minimum atomic E-state index is -1.42. The van der Waals surface area contributed by atoms with Crippen LogP contribution in [-0.4, -0.2) is 28.4 Å². The summed E-state index contributed by atoms with van der Waals surface area (Å²) < 4.78 is 0. The highest BCUT2D eigenvalue weighted by Gasteiger charge is 2.44. The number of aliphatic carboxylic acids is 1. The van der Waals surface area contributed by atoms with Gasteiger partial charge in [-0.1, -0.05) is 68.1 Å². The molecule has 0 saturated carbocycles. The van der Waals surface area contributed by atoms with Crippen molar-refractivity contribution in [3.05, 3.63) is 75.7 Å². The van der Waals surface area contributed by atoms with Crippen molar-refractivity contribution >= 4 is 46.7 Å². The molecule has 1 N–H and O–H groups in total. The number of thioether (sulfide) groups is 1. The quantitative estimate of drug-likeness (QED) is 0.265. The maximum atomic E-state index is 12.1. The summed E-state index contributed by atoms with van der Waals surface area (Å²) in [6, 6.07) is 13.4. The van der Waals surface area contributed by atoms with Gasteiger partial charge in [-0.3, -0.25) is 19.2 Å². The average molecular weight is 533 g/mol. The summed E-state index contributed by atoms with van der Waals surface area (Å²) in [6.07, 6.45) is 1.14. The van der Waals surface area contributed by atoms with E-state index < -0.39 is 11.4 Å². The number of rotatable bonds is 9. The molecule has 0 unspecified atom stereocenters. The number of carbonyl (C=O) groups is 4. The van der Waals surface area contributed by atoms with E-state index in [1.165, 1.54) is 36.1 Å². The van der Waals surface area contributed by atoms with E-state index in [4.69, 9.17) is 16.7 Å². The molecule has 0 aliphatic carbocycles. The van der Waals surface area contributed by atoms with Gasteiger partial charge in [0.05, 0.1) is 0 Å². The Balaban J connectivity index is 0.000000611. The molecule has 0 heterocycles. The van der Waals surface area contributed by atoms with Crippen molar-refractivity contribution in [2.75, 3.05) is 0 Å². The fourth-order valence-electron chi connectivity index (χ4n) is 3.30. The normalized spacial score (nSPS) is 10.2. The van der Waals surface area contributed by atoms with Gasteiger partial charge in [0.15, 0.2) is 0 Å². The van der Waals surface area contributed by atoms with Crippen LogP contribution >= 0.6 is 23.4 Å². The van der Waals surface area contributed by atoms with Gasteiger partial charge < -0.3 is 5.11 Å². The lowest BCUT2D eigenvalue weighted by atomic mass is 9.69. The lowest BCUT2D eigenvalue weighted by molar-refractivity contribution is -0.137. The number of benzene rings is 2. The predicted octanol–water partition coefficient (Wildman–Crippen LogP) is 7.54. The molecule has 0 atom stereocenters. The third-order valence-corrected chi connectivity index (χ3v) is 6.91. The molecule has 196 valence electrons. The number of halogens is 1. The number of hydrogen-bond donors (Lipinski definition) is 1. The molecule has 2 aromatic rings. The van der Waals surface area contributed by atoms with E-state index in [1.54, 1.807) is 43.8 Å². The fraction of sp³-hybridized carbons (Fsp3) is 0.379. The zero-order valence-corrected chi connectivity index (χ0v) is 23.8. The Bertz CT molecular complexity index is 1080. The van der Waals surface area contributed by atoms with Crippen molar-refractivity contribution in [3.63, 3.8) is 0 Å². The van der Waals surface area contributed by atoms with Crippen molar-refractivity contribution < 1.29 is 24.3 Å². The summed E-state index contributed by atoms with van der Waals surface area (Å²) >= 11 is 7.74. The zero-order valence-electron chi connectivity index (χ0n) is 22.2. The summed E-state index contributed by atoms with van der Waals surface area (Å²) in [6.45, 7) is 15.7. The number of carboxylic acids is 1. The number of carbonyl (C=O) groups excluding carboxylic acids is 3. The van der Waals surface area contributed by atoms with E-state index in [0.29, 0.717) is 10.6 Å². The molecule has 0 saturated heterocycles. The maximum absolute atomic E-state index is 12.1. The topological polar surface area (TPSA) is 88.5 Å². The molecule has 7 heteroatoms. The maximum Gasteiger partial charge on any atom is 0.303 e. The van der Waals surface area contributed by atoms with E-state index in [0.717, 1.165) is 12.0 Å². The molecule has 36 heavy (non-hydrogen) atoms. The first-order valence-corrected chi connectivity index (χ1v) is 12.8. The second kappa shape index (κ2) is 16.1. The second-order valence-corrected chi connectivity index (χ2v) is 10.0. The van der Waals surface area contributed by atoms with Gasteiger partial charge in [0.25, 0.3) is 0 Å².